The van der Waals surface area contributed by atoms with Gasteiger partial charge in [0.2, 0.25) is 0 Å². The van der Waals surface area contributed by atoms with Crippen molar-refractivity contribution < 1.29 is 19.4 Å². The minimum absolute atomic E-state index is 0.421. The summed E-state index contributed by atoms with van der Waals surface area (Å²) in [4.78, 5) is 16.6. The fourth-order valence-corrected chi connectivity index (χ4v) is 3.30. The van der Waals surface area contributed by atoms with E-state index < -0.39 is 12.0 Å². The zero-order valence-corrected chi connectivity index (χ0v) is 14.3. The van der Waals surface area contributed by atoms with E-state index in [1.807, 2.05) is 19.1 Å². The van der Waals surface area contributed by atoms with E-state index in [2.05, 4.69) is 0 Å². The van der Waals surface area contributed by atoms with E-state index in [0.717, 1.165) is 5.56 Å². The molecule has 0 saturated heterocycles. The fourth-order valence-electron chi connectivity index (χ4n) is 3.30. The molecule has 0 saturated carbocycles. The number of carboxylic acid groups (broad SMARTS) is 1. The molecule has 26 heavy (non-hydrogen) atoms. The van der Waals surface area contributed by atoms with Crippen molar-refractivity contribution >= 4 is 22.7 Å². The van der Waals surface area contributed by atoms with Crippen LogP contribution in [0.4, 0.5) is 5.69 Å². The van der Waals surface area contributed by atoms with Gasteiger partial charge in [-0.15, -0.1) is 0 Å². The molecule has 1 aliphatic heterocycles. The number of anilines is 1. The summed E-state index contributed by atoms with van der Waals surface area (Å²) in [6, 6.07) is 10.1. The van der Waals surface area contributed by atoms with Crippen LogP contribution in [0.3, 0.4) is 0 Å². The summed E-state index contributed by atoms with van der Waals surface area (Å²) in [6.07, 6.45) is 0.421. The lowest BCUT2D eigenvalue weighted by Gasteiger charge is -2.20. The van der Waals surface area contributed by atoms with Gasteiger partial charge >= 0.3 is 5.97 Å². The van der Waals surface area contributed by atoms with E-state index in [-0.39, 0.29) is 0 Å². The lowest BCUT2D eigenvalue weighted by atomic mass is 10.1. The van der Waals surface area contributed by atoms with E-state index in [1.165, 1.54) is 0 Å². The average Bonchev–Trinajstić information content (AvgIpc) is 2.98. The average molecular weight is 353 g/mol. The predicted octanol–water partition coefficient (Wildman–Crippen LogP) is 3.09. The smallest absolute Gasteiger partial charge is 0.326 e. The molecule has 0 bridgehead atoms. The number of nitrogens with two attached hydrogens (primary N) is 1. The second kappa shape index (κ2) is 6.25. The molecule has 0 radical (unpaired) electrons. The van der Waals surface area contributed by atoms with Crippen molar-refractivity contribution in [2.75, 3.05) is 18.9 Å². The molecule has 3 N–H and O–H groups in total. The first-order chi connectivity index (χ1) is 12.6. The second-order valence-corrected chi connectivity index (χ2v) is 6.18. The van der Waals surface area contributed by atoms with E-state index in [9.17, 15) is 9.90 Å². The summed E-state index contributed by atoms with van der Waals surface area (Å²) in [6.45, 7) is 2.78. The molecule has 2 aromatic carbocycles. The Bertz CT molecular complexity index is 996. The predicted molar refractivity (Wildman–Crippen MR) is 97.5 cm³/mol. The SMILES string of the molecule is CCC(C(=O)O)n1c(-c2cccc(N)c2)nc2cc3c(cc21)OCCO3. The van der Waals surface area contributed by atoms with Crippen LogP contribution < -0.4 is 15.2 Å². The highest BCUT2D eigenvalue weighted by molar-refractivity contribution is 5.87. The molecule has 1 unspecified atom stereocenters. The Morgan fingerprint density at radius 2 is 2.00 bits per heavy atom. The maximum absolute atomic E-state index is 11.9. The molecule has 3 aromatic rings. The van der Waals surface area contributed by atoms with Crippen LogP contribution in [0, 0.1) is 0 Å². The molecule has 7 nitrogen and oxygen atoms in total. The van der Waals surface area contributed by atoms with Crippen LogP contribution >= 0.6 is 0 Å². The fraction of sp³-hybridized carbons (Fsp3) is 0.263. The maximum Gasteiger partial charge on any atom is 0.326 e. The number of nitrogens with zero attached hydrogens (tertiary/aromatic N) is 2. The molecule has 0 spiro atoms. The number of carbonyl (C=O) groups is 1. The van der Waals surface area contributed by atoms with Crippen molar-refractivity contribution in [1.82, 2.24) is 9.55 Å². The van der Waals surface area contributed by atoms with Gasteiger partial charge in [0.1, 0.15) is 25.1 Å². The minimum atomic E-state index is -0.910. The third kappa shape index (κ3) is 2.61. The summed E-state index contributed by atoms with van der Waals surface area (Å²) < 4.78 is 13.0. The number of carboxylic acids is 1. The van der Waals surface area contributed by atoms with E-state index >= 15 is 0 Å². The molecule has 2 heterocycles. The molecule has 0 amide bonds. The van der Waals surface area contributed by atoms with E-state index in [0.29, 0.717) is 53.7 Å². The van der Waals surface area contributed by atoms with Crippen molar-refractivity contribution in [2.24, 2.45) is 0 Å². The van der Waals surface area contributed by atoms with Crippen molar-refractivity contribution in [3.05, 3.63) is 36.4 Å². The van der Waals surface area contributed by atoms with Gasteiger partial charge in [0, 0.05) is 23.4 Å². The molecule has 1 aromatic heterocycles. The third-order valence-electron chi connectivity index (χ3n) is 4.48. The molecule has 0 aliphatic carbocycles. The van der Waals surface area contributed by atoms with Crippen molar-refractivity contribution in [2.45, 2.75) is 19.4 Å². The Morgan fingerprint density at radius 3 is 2.65 bits per heavy atom. The zero-order valence-electron chi connectivity index (χ0n) is 14.3. The summed E-state index contributed by atoms with van der Waals surface area (Å²) in [5, 5.41) is 9.74. The molecule has 0 fully saturated rings. The first-order valence-electron chi connectivity index (χ1n) is 8.48. The normalized spacial score (nSPS) is 14.3. The molecule has 7 heteroatoms. The highest BCUT2D eigenvalue weighted by Crippen LogP contribution is 2.38. The van der Waals surface area contributed by atoms with Gasteiger partial charge in [-0.05, 0) is 18.6 Å². The Morgan fingerprint density at radius 1 is 1.27 bits per heavy atom. The number of ether oxygens (including phenoxy) is 2. The quantitative estimate of drug-likeness (QED) is 0.699. The standard InChI is InChI=1S/C19H19N3O4/c1-2-14(19(23)24)22-15-10-17-16(25-6-7-26-17)9-13(15)21-18(22)11-4-3-5-12(20)8-11/h3-5,8-10,14H,2,6-7,20H2,1H3,(H,23,24). The molecular formula is C19H19N3O4. The Kier molecular flexibility index (Phi) is 3.91. The van der Waals surface area contributed by atoms with Crippen molar-refractivity contribution in [1.29, 1.82) is 0 Å². The van der Waals surface area contributed by atoms with Crippen molar-refractivity contribution in [3.63, 3.8) is 0 Å². The minimum Gasteiger partial charge on any atom is -0.486 e. The van der Waals surface area contributed by atoms with Crippen LogP contribution in [0.2, 0.25) is 0 Å². The number of aliphatic carboxylic acids is 1. The van der Waals surface area contributed by atoms with Gasteiger partial charge in [-0.25, -0.2) is 9.78 Å². The Balaban J connectivity index is 2.01. The highest BCUT2D eigenvalue weighted by Gasteiger charge is 2.26. The van der Waals surface area contributed by atoms with Gasteiger partial charge in [-0.3, -0.25) is 0 Å². The molecule has 1 atom stereocenters. The van der Waals surface area contributed by atoms with Crippen LogP contribution in [0.1, 0.15) is 19.4 Å². The lowest BCUT2D eigenvalue weighted by molar-refractivity contribution is -0.140. The van der Waals surface area contributed by atoms with E-state index in [4.69, 9.17) is 20.2 Å². The summed E-state index contributed by atoms with van der Waals surface area (Å²) in [5.41, 5.74) is 8.63. The van der Waals surface area contributed by atoms with Gasteiger partial charge in [0.05, 0.1) is 11.0 Å². The van der Waals surface area contributed by atoms with Crippen LogP contribution in [0.5, 0.6) is 11.5 Å². The van der Waals surface area contributed by atoms with Crippen LogP contribution in [0.15, 0.2) is 36.4 Å². The van der Waals surface area contributed by atoms with Gasteiger partial charge in [-0.1, -0.05) is 19.1 Å². The summed E-state index contributed by atoms with van der Waals surface area (Å²) >= 11 is 0. The first kappa shape index (κ1) is 16.3. The van der Waals surface area contributed by atoms with E-state index in [1.54, 1.807) is 28.8 Å². The summed E-state index contributed by atoms with van der Waals surface area (Å²) in [5.74, 6) is 0.871. The largest absolute Gasteiger partial charge is 0.486 e. The molecule has 134 valence electrons. The number of nitrogen functional groups attached to an aromatic ring is 1. The number of hydrogen-bond donors (Lipinski definition) is 2. The highest BCUT2D eigenvalue weighted by atomic mass is 16.6. The topological polar surface area (TPSA) is 99.6 Å². The number of hydrogen-bond acceptors (Lipinski definition) is 5. The maximum atomic E-state index is 11.9. The van der Waals surface area contributed by atoms with Crippen molar-refractivity contribution in [3.8, 4) is 22.9 Å². The lowest BCUT2D eigenvalue weighted by Crippen LogP contribution is -2.19. The second-order valence-electron chi connectivity index (χ2n) is 6.18. The Labute approximate surface area is 150 Å². The molecule has 1 aliphatic rings. The number of benzene rings is 2. The monoisotopic (exact) mass is 353 g/mol. The number of rotatable bonds is 4. The van der Waals surface area contributed by atoms with Crippen LogP contribution in [0.25, 0.3) is 22.4 Å². The van der Waals surface area contributed by atoms with Crippen LogP contribution in [-0.2, 0) is 4.79 Å². The Hall–Kier alpha value is -3.22. The number of aromatic nitrogens is 2. The van der Waals surface area contributed by atoms with Gasteiger partial charge in [0.25, 0.3) is 0 Å². The number of fused-ring (bicyclic) bond motifs is 2. The molecular weight excluding hydrogens is 334 g/mol. The van der Waals surface area contributed by atoms with Gasteiger partial charge < -0.3 is 24.9 Å². The first-order valence-corrected chi connectivity index (χ1v) is 8.48. The van der Waals surface area contributed by atoms with Gasteiger partial charge in [-0.2, -0.15) is 0 Å². The number of imidazole rings is 1. The zero-order chi connectivity index (χ0) is 18.3. The van der Waals surface area contributed by atoms with Gasteiger partial charge in [0.15, 0.2) is 11.5 Å². The molecule has 4 rings (SSSR count). The third-order valence-corrected chi connectivity index (χ3v) is 4.48. The summed E-state index contributed by atoms with van der Waals surface area (Å²) in [7, 11) is 0. The van der Waals surface area contributed by atoms with Crippen LogP contribution in [-0.4, -0.2) is 33.8 Å².